The van der Waals surface area contributed by atoms with Gasteiger partial charge in [-0.15, -0.1) is 0 Å². The molecule has 1 aliphatic rings. The van der Waals surface area contributed by atoms with Crippen LogP contribution < -0.4 is 53.4 Å². The fourth-order valence-corrected chi connectivity index (χ4v) is 13.8. The molecule has 38 nitrogen and oxygen atoms in total. The Bertz CT molecular complexity index is 5000. The summed E-state index contributed by atoms with van der Waals surface area (Å²) >= 11 is 0. The van der Waals surface area contributed by atoms with E-state index in [9.17, 15) is 47.9 Å². The van der Waals surface area contributed by atoms with Crippen LogP contribution in [0.3, 0.4) is 0 Å². The van der Waals surface area contributed by atoms with Crippen LogP contribution in [0.25, 0.3) is 22.6 Å². The molecule has 9 amide bonds. The van der Waals surface area contributed by atoms with Gasteiger partial charge in [-0.3, -0.25) is 52.9 Å². The summed E-state index contributed by atoms with van der Waals surface area (Å²) in [6.07, 6.45) is 17.8. The van der Waals surface area contributed by atoms with Gasteiger partial charge in [-0.05, 0) is 115 Å². The van der Waals surface area contributed by atoms with Crippen LogP contribution in [0.2, 0.25) is 0 Å². The maximum absolute atomic E-state index is 13.3. The fraction of sp³-hybridized carbons (Fsp3) is 0.488. The quantitative estimate of drug-likeness (QED) is 0.0229. The molecule has 1 atom stereocenters. The van der Waals surface area contributed by atoms with Crippen molar-refractivity contribution >= 4 is 87.2 Å². The van der Waals surface area contributed by atoms with E-state index in [1.165, 1.54) is 59.9 Å². The number of carbonyl (C=O) groups excluding carboxylic acids is 9. The summed E-state index contributed by atoms with van der Waals surface area (Å²) in [5.74, 6) is -1.94. The number of aryl methyl sites for hydroxylation is 7. The lowest BCUT2D eigenvalue weighted by atomic mass is 9.79. The molecule has 38 heteroatoms. The topological polar surface area (TPSA) is 440 Å². The van der Waals surface area contributed by atoms with Gasteiger partial charge in [-0.25, -0.2) is 24.6 Å². The number of nitrogens with one attached hydrogen (secondary N) is 9. The van der Waals surface area contributed by atoms with E-state index >= 15 is 0 Å². The van der Waals surface area contributed by atoms with Crippen molar-refractivity contribution in [3.05, 3.63) is 154 Å². The van der Waals surface area contributed by atoms with Gasteiger partial charge in [-0.1, -0.05) is 30.3 Å². The zero-order valence-electron chi connectivity index (χ0n) is 69.7. The van der Waals surface area contributed by atoms with Crippen molar-refractivity contribution in [2.75, 3.05) is 140 Å². The molecule has 1 aliphatic carbocycles. The highest BCUT2D eigenvalue weighted by Crippen LogP contribution is 2.39. The first kappa shape index (κ1) is 90.2. The lowest BCUT2D eigenvalue weighted by molar-refractivity contribution is -0.122. The van der Waals surface area contributed by atoms with E-state index in [2.05, 4.69) is 102 Å². The van der Waals surface area contributed by atoms with Crippen molar-refractivity contribution in [3.8, 4) is 11.5 Å². The molecule has 1 fully saturated rings. The second kappa shape index (κ2) is 45.2. The van der Waals surface area contributed by atoms with E-state index in [0.29, 0.717) is 114 Å². The first-order valence-electron chi connectivity index (χ1n) is 40.4. The normalized spacial score (nSPS) is 13.6. The first-order chi connectivity index (χ1) is 57.8. The predicted octanol–water partition coefficient (Wildman–Crippen LogP) is 4.91. The third-order valence-corrected chi connectivity index (χ3v) is 20.3. The zero-order chi connectivity index (χ0) is 85.6. The van der Waals surface area contributed by atoms with Gasteiger partial charge in [0.15, 0.2) is 23.3 Å². The molecule has 0 bridgehead atoms. The molecule has 0 saturated heterocycles. The molecule has 644 valence electrons. The average Bonchev–Trinajstić information content (AvgIpc) is 1.60. The maximum atomic E-state index is 13.3. The van der Waals surface area contributed by atoms with Gasteiger partial charge >= 0.3 is 0 Å². The van der Waals surface area contributed by atoms with Gasteiger partial charge in [0, 0.05) is 162 Å². The Kier molecular flexibility index (Phi) is 34.0. The summed E-state index contributed by atoms with van der Waals surface area (Å²) in [5.41, 5.74) is 6.23. The summed E-state index contributed by atoms with van der Waals surface area (Å²) < 4.78 is 39.5. The summed E-state index contributed by atoms with van der Waals surface area (Å²) in [6.45, 7) is 10.9. The van der Waals surface area contributed by atoms with E-state index in [0.717, 1.165) is 73.9 Å². The number of rotatable bonds is 48. The molecule has 8 heterocycles. The molecule has 120 heavy (non-hydrogen) atoms. The third kappa shape index (κ3) is 26.7. The van der Waals surface area contributed by atoms with Crippen LogP contribution >= 0.6 is 0 Å². The number of benzene rings is 1. The van der Waals surface area contributed by atoms with E-state index in [4.69, 9.17) is 33.7 Å². The number of nitrogens with zero attached hydrogens (tertiary/aromatic N) is 14. The summed E-state index contributed by atoms with van der Waals surface area (Å²) in [5, 5.41) is 29.1. The van der Waals surface area contributed by atoms with E-state index < -0.39 is 41.4 Å². The van der Waals surface area contributed by atoms with Gasteiger partial charge in [0.25, 0.3) is 35.1 Å². The number of fused-ring (bicyclic) bond motifs is 1. The Hall–Kier alpha value is -12.1. The largest absolute Gasteiger partial charge is 0.379 e. The highest BCUT2D eigenvalue weighted by Gasteiger charge is 2.28. The minimum absolute atomic E-state index is 0.00124. The van der Waals surface area contributed by atoms with Crippen LogP contribution in [0.5, 0.6) is 0 Å². The molecule has 9 aromatic rings. The zero-order valence-corrected chi connectivity index (χ0v) is 69.7. The van der Waals surface area contributed by atoms with Crippen LogP contribution in [0, 0.1) is 12.8 Å². The number of ether oxygens (including phenoxy) is 5. The van der Waals surface area contributed by atoms with Crippen molar-refractivity contribution in [2.45, 2.75) is 96.4 Å². The molecule has 10 rings (SSSR count). The molecule has 8 aromatic heterocycles. The van der Waals surface area contributed by atoms with Gasteiger partial charge in [0.2, 0.25) is 35.3 Å². The molecule has 1 aromatic carbocycles. The van der Waals surface area contributed by atoms with Crippen molar-refractivity contribution < 1.29 is 66.8 Å². The number of hydrogen-bond donors (Lipinski definition) is 9. The maximum Gasteiger partial charge on any atom is 0.291 e. The number of amides is 9. The predicted molar refractivity (Wildman–Crippen MR) is 446 cm³/mol. The minimum Gasteiger partial charge on any atom is -0.379 e. The number of pyridine rings is 1. The van der Waals surface area contributed by atoms with Gasteiger partial charge in [0.1, 0.15) is 22.6 Å². The van der Waals surface area contributed by atoms with Gasteiger partial charge < -0.3 is 104 Å². The summed E-state index contributed by atoms with van der Waals surface area (Å²) in [6, 6.07) is 17.3. The van der Waals surface area contributed by atoms with E-state index in [1.54, 1.807) is 66.2 Å². The fourth-order valence-electron chi connectivity index (χ4n) is 13.8. The van der Waals surface area contributed by atoms with Gasteiger partial charge in [0.05, 0.1) is 88.6 Å². The van der Waals surface area contributed by atoms with Crippen LogP contribution in [0.1, 0.15) is 159 Å². The third-order valence-electron chi connectivity index (χ3n) is 20.3. The molecule has 1 unspecified atom stereocenters. The first-order valence-corrected chi connectivity index (χ1v) is 40.4. The Morgan fingerprint density at radius 3 is 1.54 bits per heavy atom. The monoisotopic (exact) mass is 1660 g/mol. The molecular formula is C82H111N23O15. The van der Waals surface area contributed by atoms with Crippen molar-refractivity contribution in [3.63, 3.8) is 0 Å². The van der Waals surface area contributed by atoms with Crippen molar-refractivity contribution in [1.29, 1.82) is 0 Å². The Labute approximate surface area is 695 Å². The minimum atomic E-state index is -0.638. The van der Waals surface area contributed by atoms with Crippen LogP contribution in [-0.4, -0.2) is 239 Å². The number of hydrogen-bond acceptors (Lipinski definition) is 22. The molecular weight excluding hydrogens is 1550 g/mol. The molecule has 9 N–H and O–H groups in total. The number of imidazole rings is 4. The molecule has 0 spiro atoms. The molecule has 0 aliphatic heterocycles. The second-order valence-electron chi connectivity index (χ2n) is 29.6. The Morgan fingerprint density at radius 1 is 0.508 bits per heavy atom. The summed E-state index contributed by atoms with van der Waals surface area (Å²) in [4.78, 5) is 153. The number of anilines is 4. The van der Waals surface area contributed by atoms with Crippen molar-refractivity contribution in [2.24, 2.45) is 48.2 Å². The standard InChI is InChI=1S/C82H111N23O15/c1-54-45-62(97-104(9)82(54)115)73-92-63-49-89-61(48-64(63)105(73)55(2)57-15-11-10-12-16-57)58-19-17-56(18-20-58)24-35-116-37-39-118-41-43-120-44-42-119-40-38-117-36-25-70(107)84-27-14-33-98(3)32-13-26-83-69(106)21-28-88-79(112)75-95-67(52-102(75)7)93-71(108)22-29-87-78(111)66-47-60(51-101(66)6)91-81(114)76-96-68(53-103(76)8)94-72(109)23-30-86-77(110)65-46-59(50-100(65)5)90-80(113)74-85-31-34-99(74)4/h10-12,15-16,31,34,45-53,55-56,58H,13-14,17-30,32-33,35-44H2,1-9H3,(H,83,106)(H,84,107)(H,86,110)(H,87,111)(H,88,112)(H,90,113)(H,91,114)(H,93,108)(H,94,109). The Balaban J connectivity index is 0.480. The average molecular weight is 1660 g/mol. The lowest BCUT2D eigenvalue weighted by Gasteiger charge is -2.28. The number of aromatic nitrogens is 13. The van der Waals surface area contributed by atoms with Crippen LogP contribution in [0.15, 0.2) is 103 Å². The van der Waals surface area contributed by atoms with Gasteiger partial charge in [-0.2, -0.15) is 5.10 Å². The highest BCUT2D eigenvalue weighted by molar-refractivity contribution is 6.05. The Morgan fingerprint density at radius 2 is 1.01 bits per heavy atom. The highest BCUT2D eigenvalue weighted by atomic mass is 16.6. The SMILES string of the molecule is Cc1cc(-c2nc3cnc(C4CCC(CCOCCOCCOCCOCCOCCC(=O)NCCCN(C)CCCNC(=O)CCNC(=O)c5nc(NC(=O)CCNC(=O)c6cc(NC(=O)c7nc(NC(=O)CCNC(=O)c8cc(NC(=O)c9nccn9C)cn8C)cn7C)cn6C)cn5C)CC4)cc3n2C(C)c2ccccc2)nn(C)c1=O. The number of carbonyl (C=O) groups is 9. The van der Waals surface area contributed by atoms with Crippen molar-refractivity contribution in [1.82, 2.24) is 93.6 Å². The van der Waals surface area contributed by atoms with E-state index in [1.807, 2.05) is 37.5 Å². The lowest BCUT2D eigenvalue weighted by Crippen LogP contribution is -2.33. The second-order valence-corrected chi connectivity index (χ2v) is 29.6. The molecule has 1 saturated carbocycles. The van der Waals surface area contributed by atoms with Crippen LogP contribution in [-0.2, 0) is 85.1 Å². The van der Waals surface area contributed by atoms with E-state index in [-0.39, 0.29) is 122 Å². The van der Waals surface area contributed by atoms with Crippen LogP contribution in [0.4, 0.5) is 23.0 Å². The smallest absolute Gasteiger partial charge is 0.291 e. The molecule has 0 radical (unpaired) electrons. The summed E-state index contributed by atoms with van der Waals surface area (Å²) in [7, 11) is 11.7.